The Bertz CT molecular complexity index is 551. The molecule has 94 valence electrons. The second-order valence-corrected chi connectivity index (χ2v) is 3.89. The van der Waals surface area contributed by atoms with Crippen molar-refractivity contribution < 1.29 is 9.90 Å². The SMILES string of the molecule is Cn1ccc(CCNc2ccnc(C(=O)O)c2)n1. The van der Waals surface area contributed by atoms with Gasteiger partial charge in [0.25, 0.3) is 0 Å². The third-order valence-corrected chi connectivity index (χ3v) is 2.46. The van der Waals surface area contributed by atoms with E-state index in [1.807, 2.05) is 19.3 Å². The molecule has 0 aliphatic heterocycles. The van der Waals surface area contributed by atoms with Gasteiger partial charge in [0.2, 0.25) is 0 Å². The molecule has 0 atom stereocenters. The zero-order valence-corrected chi connectivity index (χ0v) is 10.00. The fourth-order valence-corrected chi connectivity index (χ4v) is 1.59. The van der Waals surface area contributed by atoms with Gasteiger partial charge >= 0.3 is 5.97 Å². The van der Waals surface area contributed by atoms with Crippen LogP contribution in [0.1, 0.15) is 16.2 Å². The van der Waals surface area contributed by atoms with Crippen LogP contribution in [0.25, 0.3) is 0 Å². The molecule has 0 radical (unpaired) electrons. The predicted molar refractivity (Wildman–Crippen MR) is 66.6 cm³/mol. The van der Waals surface area contributed by atoms with Crippen molar-refractivity contribution in [2.24, 2.45) is 7.05 Å². The Morgan fingerprint density at radius 1 is 1.50 bits per heavy atom. The topological polar surface area (TPSA) is 80.0 Å². The summed E-state index contributed by atoms with van der Waals surface area (Å²) in [5.74, 6) is -1.02. The first-order valence-corrected chi connectivity index (χ1v) is 5.57. The number of rotatable bonds is 5. The van der Waals surface area contributed by atoms with Crippen LogP contribution in [0.5, 0.6) is 0 Å². The molecule has 6 heteroatoms. The monoisotopic (exact) mass is 246 g/mol. The van der Waals surface area contributed by atoms with Crippen molar-refractivity contribution in [1.29, 1.82) is 0 Å². The van der Waals surface area contributed by atoms with Crippen molar-refractivity contribution in [3.05, 3.63) is 42.0 Å². The molecule has 6 nitrogen and oxygen atoms in total. The van der Waals surface area contributed by atoms with Gasteiger partial charge in [0.1, 0.15) is 5.69 Å². The molecule has 2 rings (SSSR count). The number of anilines is 1. The van der Waals surface area contributed by atoms with E-state index in [9.17, 15) is 4.79 Å². The summed E-state index contributed by atoms with van der Waals surface area (Å²) in [6.45, 7) is 0.695. The highest BCUT2D eigenvalue weighted by molar-refractivity contribution is 5.86. The van der Waals surface area contributed by atoms with Gasteiger partial charge < -0.3 is 10.4 Å². The standard InChI is InChI=1S/C12H14N4O2/c1-16-7-4-9(15-16)2-5-13-10-3-6-14-11(8-10)12(17)18/h3-4,6-8H,2,5H2,1H3,(H,13,14)(H,17,18). The zero-order chi connectivity index (χ0) is 13.0. The van der Waals surface area contributed by atoms with Gasteiger partial charge in [0.05, 0.1) is 5.69 Å². The van der Waals surface area contributed by atoms with Gasteiger partial charge in [-0.15, -0.1) is 0 Å². The largest absolute Gasteiger partial charge is 0.477 e. The molecule has 0 fully saturated rings. The lowest BCUT2D eigenvalue weighted by Crippen LogP contribution is -2.07. The van der Waals surface area contributed by atoms with Crippen LogP contribution in [-0.4, -0.2) is 32.4 Å². The molecule has 0 amide bonds. The van der Waals surface area contributed by atoms with Gasteiger partial charge in [-0.05, 0) is 18.2 Å². The Balaban J connectivity index is 1.90. The summed E-state index contributed by atoms with van der Waals surface area (Å²) in [6.07, 6.45) is 4.16. The number of pyridine rings is 1. The Morgan fingerprint density at radius 2 is 2.33 bits per heavy atom. The number of aryl methyl sites for hydroxylation is 1. The van der Waals surface area contributed by atoms with E-state index in [0.29, 0.717) is 6.54 Å². The third-order valence-electron chi connectivity index (χ3n) is 2.46. The number of hydrogen-bond donors (Lipinski definition) is 2. The summed E-state index contributed by atoms with van der Waals surface area (Å²) >= 11 is 0. The lowest BCUT2D eigenvalue weighted by molar-refractivity contribution is 0.0690. The van der Waals surface area contributed by atoms with Crippen molar-refractivity contribution >= 4 is 11.7 Å². The number of aromatic carboxylic acids is 1. The number of nitrogens with one attached hydrogen (secondary N) is 1. The Kier molecular flexibility index (Phi) is 3.57. The number of carboxylic acids is 1. The molecule has 2 aromatic heterocycles. The van der Waals surface area contributed by atoms with E-state index in [4.69, 9.17) is 5.11 Å². The molecule has 0 bridgehead atoms. The van der Waals surface area contributed by atoms with E-state index < -0.39 is 5.97 Å². The van der Waals surface area contributed by atoms with Crippen molar-refractivity contribution in [2.75, 3.05) is 11.9 Å². The molecular weight excluding hydrogens is 232 g/mol. The maximum atomic E-state index is 10.7. The van der Waals surface area contributed by atoms with Crippen LogP contribution >= 0.6 is 0 Å². The minimum Gasteiger partial charge on any atom is -0.477 e. The van der Waals surface area contributed by atoms with Gasteiger partial charge in [-0.25, -0.2) is 9.78 Å². The Labute approximate surface area is 104 Å². The van der Waals surface area contributed by atoms with Crippen molar-refractivity contribution in [2.45, 2.75) is 6.42 Å². The number of hydrogen-bond acceptors (Lipinski definition) is 4. The van der Waals surface area contributed by atoms with E-state index in [1.165, 1.54) is 12.3 Å². The van der Waals surface area contributed by atoms with Crippen LogP contribution in [-0.2, 0) is 13.5 Å². The Hall–Kier alpha value is -2.37. The minimum absolute atomic E-state index is 0.0397. The van der Waals surface area contributed by atoms with Crippen LogP contribution in [0.15, 0.2) is 30.6 Å². The number of carboxylic acid groups (broad SMARTS) is 1. The molecule has 0 aromatic carbocycles. The van der Waals surface area contributed by atoms with Crippen LogP contribution in [0.3, 0.4) is 0 Å². The lowest BCUT2D eigenvalue weighted by atomic mass is 10.3. The molecule has 0 aliphatic rings. The average Bonchev–Trinajstić information content (AvgIpc) is 2.75. The van der Waals surface area contributed by atoms with E-state index in [-0.39, 0.29) is 5.69 Å². The normalized spacial score (nSPS) is 10.3. The molecular formula is C12H14N4O2. The first-order valence-electron chi connectivity index (χ1n) is 5.57. The molecule has 0 aliphatic carbocycles. The van der Waals surface area contributed by atoms with Gasteiger partial charge in [-0.2, -0.15) is 5.10 Å². The van der Waals surface area contributed by atoms with Crippen LogP contribution < -0.4 is 5.32 Å². The molecule has 2 heterocycles. The third kappa shape index (κ3) is 3.07. The lowest BCUT2D eigenvalue weighted by Gasteiger charge is -2.05. The maximum absolute atomic E-state index is 10.7. The first kappa shape index (κ1) is 12.1. The van der Waals surface area contributed by atoms with Gasteiger partial charge in [0.15, 0.2) is 0 Å². The summed E-state index contributed by atoms with van der Waals surface area (Å²) in [5.41, 5.74) is 1.79. The maximum Gasteiger partial charge on any atom is 0.354 e. The molecule has 18 heavy (non-hydrogen) atoms. The fourth-order valence-electron chi connectivity index (χ4n) is 1.59. The molecule has 0 unspecified atom stereocenters. The minimum atomic E-state index is -1.02. The molecule has 2 aromatic rings. The highest BCUT2D eigenvalue weighted by Gasteiger charge is 2.04. The summed E-state index contributed by atoms with van der Waals surface area (Å²) in [4.78, 5) is 14.5. The van der Waals surface area contributed by atoms with Gasteiger partial charge in [-0.3, -0.25) is 4.68 Å². The van der Waals surface area contributed by atoms with Crippen molar-refractivity contribution in [3.63, 3.8) is 0 Å². The molecule has 0 saturated carbocycles. The summed E-state index contributed by atoms with van der Waals surface area (Å²) < 4.78 is 1.75. The van der Waals surface area contributed by atoms with Crippen LogP contribution in [0.2, 0.25) is 0 Å². The number of carbonyl (C=O) groups is 1. The summed E-state index contributed by atoms with van der Waals surface area (Å²) in [7, 11) is 1.87. The zero-order valence-electron chi connectivity index (χ0n) is 10.00. The van der Waals surface area contributed by atoms with Gasteiger partial charge in [0, 0.05) is 38.1 Å². The average molecular weight is 246 g/mol. The quantitative estimate of drug-likeness (QED) is 0.827. The predicted octanol–water partition coefficient (Wildman–Crippen LogP) is 1.17. The Morgan fingerprint density at radius 3 is 3.00 bits per heavy atom. The second-order valence-electron chi connectivity index (χ2n) is 3.89. The first-order chi connectivity index (χ1) is 8.65. The summed E-state index contributed by atoms with van der Waals surface area (Å²) in [6, 6.07) is 5.21. The van der Waals surface area contributed by atoms with Crippen molar-refractivity contribution in [3.8, 4) is 0 Å². The number of aromatic nitrogens is 3. The highest BCUT2D eigenvalue weighted by Crippen LogP contribution is 2.08. The van der Waals surface area contributed by atoms with Crippen LogP contribution in [0, 0.1) is 0 Å². The fraction of sp³-hybridized carbons (Fsp3) is 0.250. The van der Waals surface area contributed by atoms with E-state index in [2.05, 4.69) is 15.4 Å². The smallest absolute Gasteiger partial charge is 0.354 e. The van der Waals surface area contributed by atoms with E-state index in [1.54, 1.807) is 10.7 Å². The summed E-state index contributed by atoms with van der Waals surface area (Å²) in [5, 5.41) is 16.2. The van der Waals surface area contributed by atoms with Gasteiger partial charge in [-0.1, -0.05) is 0 Å². The highest BCUT2D eigenvalue weighted by atomic mass is 16.4. The van der Waals surface area contributed by atoms with E-state index >= 15 is 0 Å². The molecule has 0 saturated heterocycles. The molecule has 2 N–H and O–H groups in total. The van der Waals surface area contributed by atoms with Crippen molar-refractivity contribution in [1.82, 2.24) is 14.8 Å². The second kappa shape index (κ2) is 5.31. The molecule has 0 spiro atoms. The van der Waals surface area contributed by atoms with E-state index in [0.717, 1.165) is 17.8 Å². The number of nitrogens with zero attached hydrogens (tertiary/aromatic N) is 3. The van der Waals surface area contributed by atoms with Crippen LogP contribution in [0.4, 0.5) is 5.69 Å².